The Labute approximate surface area is 110 Å². The molecule has 0 heterocycles. The maximum Gasteiger partial charge on any atom is 0.311 e. The second-order valence-electron chi connectivity index (χ2n) is 4.08. The third-order valence-corrected chi connectivity index (χ3v) is 2.70. The molecule has 98 valence electrons. The summed E-state index contributed by atoms with van der Waals surface area (Å²) in [5.74, 6) is 0.735. The van der Waals surface area contributed by atoms with Gasteiger partial charge in [-0.05, 0) is 30.2 Å². The van der Waals surface area contributed by atoms with Gasteiger partial charge in [-0.3, -0.25) is 10.1 Å². The minimum Gasteiger partial charge on any atom is -0.450 e. The molecule has 1 N–H and O–H groups in total. The molecule has 2 aromatic carbocycles. The first-order valence-corrected chi connectivity index (χ1v) is 5.73. The molecule has 0 amide bonds. The fourth-order valence-electron chi connectivity index (χ4n) is 1.74. The minimum absolute atomic E-state index is 0.0490. The molecule has 0 aromatic heterocycles. The van der Waals surface area contributed by atoms with E-state index in [1.54, 1.807) is 36.4 Å². The highest BCUT2D eigenvalue weighted by Gasteiger charge is 2.15. The van der Waals surface area contributed by atoms with Crippen molar-refractivity contribution >= 4 is 5.69 Å². The van der Waals surface area contributed by atoms with Gasteiger partial charge in [0, 0.05) is 6.07 Å². The highest BCUT2D eigenvalue weighted by atomic mass is 16.6. The molecule has 0 aliphatic carbocycles. The second kappa shape index (κ2) is 5.49. The van der Waals surface area contributed by atoms with Gasteiger partial charge in [0.25, 0.3) is 0 Å². The Morgan fingerprint density at radius 1 is 1.21 bits per heavy atom. The lowest BCUT2D eigenvalue weighted by Crippen LogP contribution is -1.95. The summed E-state index contributed by atoms with van der Waals surface area (Å²) in [4.78, 5) is 10.4. The van der Waals surface area contributed by atoms with Crippen LogP contribution >= 0.6 is 0 Å². The van der Waals surface area contributed by atoms with Crippen LogP contribution < -0.4 is 4.74 Å². The number of ether oxygens (including phenoxy) is 1. The molecule has 0 radical (unpaired) electrons. The predicted molar refractivity (Wildman–Crippen MR) is 70.3 cm³/mol. The van der Waals surface area contributed by atoms with Gasteiger partial charge < -0.3 is 9.84 Å². The maximum atomic E-state index is 10.9. The number of rotatable bonds is 4. The van der Waals surface area contributed by atoms with Crippen LogP contribution in [-0.2, 0) is 6.61 Å². The van der Waals surface area contributed by atoms with E-state index in [4.69, 9.17) is 9.84 Å². The van der Waals surface area contributed by atoms with Gasteiger partial charge in [0.2, 0.25) is 5.75 Å². The smallest absolute Gasteiger partial charge is 0.311 e. The summed E-state index contributed by atoms with van der Waals surface area (Å²) in [7, 11) is 0. The standard InChI is InChI=1S/C14H13NO4/c1-10-8-11(9-16)6-7-13(10)19-14-5-3-2-4-12(14)15(17)18/h2-8,16H,9H2,1H3. The number of aryl methyl sites for hydroxylation is 1. The molecule has 5 heteroatoms. The summed E-state index contributed by atoms with van der Waals surface area (Å²) in [6.07, 6.45) is 0. The zero-order valence-corrected chi connectivity index (χ0v) is 10.4. The normalized spacial score (nSPS) is 10.2. The van der Waals surface area contributed by atoms with Crippen molar-refractivity contribution in [2.75, 3.05) is 0 Å². The summed E-state index contributed by atoms with van der Waals surface area (Å²) in [5, 5.41) is 19.9. The van der Waals surface area contributed by atoms with E-state index in [-0.39, 0.29) is 18.0 Å². The van der Waals surface area contributed by atoms with Gasteiger partial charge in [0.1, 0.15) is 5.75 Å². The van der Waals surface area contributed by atoms with Crippen LogP contribution in [0.25, 0.3) is 0 Å². The van der Waals surface area contributed by atoms with Gasteiger partial charge >= 0.3 is 5.69 Å². The third kappa shape index (κ3) is 2.89. The summed E-state index contributed by atoms with van der Waals surface area (Å²) < 4.78 is 5.58. The Balaban J connectivity index is 2.34. The Kier molecular flexibility index (Phi) is 3.77. The van der Waals surface area contributed by atoms with Crippen LogP contribution in [0.15, 0.2) is 42.5 Å². The van der Waals surface area contributed by atoms with Gasteiger partial charge in [-0.1, -0.05) is 24.3 Å². The zero-order valence-electron chi connectivity index (χ0n) is 10.4. The number of aliphatic hydroxyl groups excluding tert-OH is 1. The Morgan fingerprint density at radius 2 is 1.95 bits per heavy atom. The molecule has 5 nitrogen and oxygen atoms in total. The van der Waals surface area contributed by atoms with E-state index >= 15 is 0 Å². The van der Waals surface area contributed by atoms with Crippen molar-refractivity contribution in [3.8, 4) is 11.5 Å². The SMILES string of the molecule is Cc1cc(CO)ccc1Oc1ccccc1[N+](=O)[O-]. The first kappa shape index (κ1) is 13.0. The number of hydrogen-bond acceptors (Lipinski definition) is 4. The van der Waals surface area contributed by atoms with Crippen LogP contribution in [-0.4, -0.2) is 10.0 Å². The maximum absolute atomic E-state index is 10.9. The summed E-state index contributed by atoms with van der Waals surface area (Å²) in [5.41, 5.74) is 1.50. The van der Waals surface area contributed by atoms with Crippen molar-refractivity contribution in [2.45, 2.75) is 13.5 Å². The molecule has 0 atom stereocenters. The molecule has 0 saturated heterocycles. The lowest BCUT2D eigenvalue weighted by atomic mass is 10.1. The predicted octanol–water partition coefficient (Wildman–Crippen LogP) is 3.19. The van der Waals surface area contributed by atoms with Crippen molar-refractivity contribution in [2.24, 2.45) is 0 Å². The van der Waals surface area contributed by atoms with E-state index in [0.717, 1.165) is 11.1 Å². The molecule has 0 aliphatic rings. The first-order chi connectivity index (χ1) is 9.11. The number of aliphatic hydroxyl groups is 1. The van der Waals surface area contributed by atoms with Crippen LogP contribution in [0.2, 0.25) is 0 Å². The van der Waals surface area contributed by atoms with Gasteiger partial charge in [-0.25, -0.2) is 0 Å². The monoisotopic (exact) mass is 259 g/mol. The fourth-order valence-corrected chi connectivity index (χ4v) is 1.74. The number of nitro groups is 1. The van der Waals surface area contributed by atoms with E-state index < -0.39 is 4.92 Å². The quantitative estimate of drug-likeness (QED) is 0.676. The van der Waals surface area contributed by atoms with E-state index in [9.17, 15) is 10.1 Å². The average Bonchev–Trinajstić information content (AvgIpc) is 2.41. The topological polar surface area (TPSA) is 72.6 Å². The molecule has 0 saturated carbocycles. The second-order valence-corrected chi connectivity index (χ2v) is 4.08. The van der Waals surface area contributed by atoms with E-state index in [1.165, 1.54) is 6.07 Å². The fraction of sp³-hybridized carbons (Fsp3) is 0.143. The van der Waals surface area contributed by atoms with Gasteiger partial charge in [-0.15, -0.1) is 0 Å². The Morgan fingerprint density at radius 3 is 2.58 bits per heavy atom. The molecular weight excluding hydrogens is 246 g/mol. The van der Waals surface area contributed by atoms with E-state index in [2.05, 4.69) is 0 Å². The molecule has 2 aromatic rings. The molecule has 0 bridgehead atoms. The number of nitrogens with zero attached hydrogens (tertiary/aromatic N) is 1. The van der Waals surface area contributed by atoms with Crippen molar-refractivity contribution in [3.05, 3.63) is 63.7 Å². The van der Waals surface area contributed by atoms with Gasteiger partial charge in [-0.2, -0.15) is 0 Å². The summed E-state index contributed by atoms with van der Waals surface area (Å²) in [6.45, 7) is 1.77. The van der Waals surface area contributed by atoms with Crippen molar-refractivity contribution < 1.29 is 14.8 Å². The Hall–Kier alpha value is -2.40. The average molecular weight is 259 g/mol. The molecule has 0 spiro atoms. The highest BCUT2D eigenvalue weighted by molar-refractivity contribution is 5.49. The number of para-hydroxylation sites is 2. The van der Waals surface area contributed by atoms with Crippen LogP contribution in [0.1, 0.15) is 11.1 Å². The molecule has 2 rings (SSSR count). The molecule has 0 aliphatic heterocycles. The minimum atomic E-state index is -0.479. The van der Waals surface area contributed by atoms with Crippen molar-refractivity contribution in [1.82, 2.24) is 0 Å². The Bertz CT molecular complexity index is 610. The lowest BCUT2D eigenvalue weighted by molar-refractivity contribution is -0.385. The molecule has 0 unspecified atom stereocenters. The molecular formula is C14H13NO4. The summed E-state index contributed by atoms with van der Waals surface area (Å²) in [6, 6.07) is 11.4. The van der Waals surface area contributed by atoms with E-state index in [1.807, 2.05) is 6.92 Å². The highest BCUT2D eigenvalue weighted by Crippen LogP contribution is 2.32. The van der Waals surface area contributed by atoms with Crippen molar-refractivity contribution in [1.29, 1.82) is 0 Å². The summed E-state index contributed by atoms with van der Waals surface area (Å²) >= 11 is 0. The van der Waals surface area contributed by atoms with Crippen LogP contribution in [0.5, 0.6) is 11.5 Å². The molecule has 19 heavy (non-hydrogen) atoms. The molecule has 0 fully saturated rings. The van der Waals surface area contributed by atoms with E-state index in [0.29, 0.717) is 5.75 Å². The van der Waals surface area contributed by atoms with Crippen LogP contribution in [0.4, 0.5) is 5.69 Å². The van der Waals surface area contributed by atoms with Crippen LogP contribution in [0.3, 0.4) is 0 Å². The lowest BCUT2D eigenvalue weighted by Gasteiger charge is -2.09. The van der Waals surface area contributed by atoms with Gasteiger partial charge in [0.15, 0.2) is 0 Å². The number of nitro benzene ring substituents is 1. The largest absolute Gasteiger partial charge is 0.450 e. The van der Waals surface area contributed by atoms with Gasteiger partial charge in [0.05, 0.1) is 11.5 Å². The van der Waals surface area contributed by atoms with Crippen molar-refractivity contribution in [3.63, 3.8) is 0 Å². The third-order valence-electron chi connectivity index (χ3n) is 2.70. The zero-order chi connectivity index (χ0) is 13.8. The first-order valence-electron chi connectivity index (χ1n) is 5.73. The number of benzene rings is 2. The number of hydrogen-bond donors (Lipinski definition) is 1. The van der Waals surface area contributed by atoms with Crippen LogP contribution in [0, 0.1) is 17.0 Å².